The molecule has 1 aliphatic rings. The number of hydrogen-bond acceptors (Lipinski definition) is 4. The van der Waals surface area contributed by atoms with Gasteiger partial charge in [0.2, 0.25) is 5.91 Å². The third kappa shape index (κ3) is 1.64. The molecule has 1 N–H and O–H groups in total. The van der Waals surface area contributed by atoms with E-state index in [2.05, 4.69) is 15.0 Å². The van der Waals surface area contributed by atoms with Crippen LogP contribution >= 0.6 is 0 Å². The Hall–Kier alpha value is -2.63. The molecule has 2 aromatic rings. The Morgan fingerprint density at radius 1 is 1.33 bits per heavy atom. The Kier molecular flexibility index (Phi) is 2.33. The van der Waals surface area contributed by atoms with E-state index >= 15 is 0 Å². The molecular formula is C12H9N3O3. The summed E-state index contributed by atoms with van der Waals surface area (Å²) in [6, 6.07) is 8.59. The molecule has 2 amide bonds. The molecule has 6 nitrogen and oxygen atoms in total. The topological polar surface area (TPSA) is 75.4 Å². The molecule has 0 saturated carbocycles. The largest absolute Gasteiger partial charge is 0.364 e. The normalized spacial score (nSPS) is 14.0. The average Bonchev–Trinajstić information content (AvgIpc) is 2.90. The van der Waals surface area contributed by atoms with Crippen LogP contribution in [0.1, 0.15) is 10.5 Å². The minimum Gasteiger partial charge on any atom is -0.364 e. The number of nitrogens with zero attached hydrogens (tertiary/aromatic N) is 2. The number of aromatic nitrogens is 1. The highest BCUT2D eigenvalue weighted by molar-refractivity contribution is 6.14. The van der Waals surface area contributed by atoms with E-state index in [0.29, 0.717) is 11.4 Å². The molecular weight excluding hydrogens is 234 g/mol. The fourth-order valence-corrected chi connectivity index (χ4v) is 1.88. The van der Waals surface area contributed by atoms with E-state index in [1.165, 1.54) is 17.2 Å². The first kappa shape index (κ1) is 10.5. The highest BCUT2D eigenvalue weighted by atomic mass is 16.5. The van der Waals surface area contributed by atoms with Gasteiger partial charge in [-0.25, -0.2) is 0 Å². The van der Waals surface area contributed by atoms with Crippen molar-refractivity contribution in [1.29, 1.82) is 0 Å². The lowest BCUT2D eigenvalue weighted by molar-refractivity contribution is -0.115. The van der Waals surface area contributed by atoms with Crippen molar-refractivity contribution in [2.24, 2.45) is 0 Å². The van der Waals surface area contributed by atoms with Gasteiger partial charge in [-0.05, 0) is 12.1 Å². The van der Waals surface area contributed by atoms with Crippen molar-refractivity contribution in [1.82, 2.24) is 5.16 Å². The lowest BCUT2D eigenvalue weighted by Gasteiger charge is -2.28. The van der Waals surface area contributed by atoms with Gasteiger partial charge in [0, 0.05) is 6.07 Å². The van der Waals surface area contributed by atoms with Crippen LogP contribution in [0.5, 0.6) is 0 Å². The lowest BCUT2D eigenvalue weighted by atomic mass is 10.2. The molecule has 0 atom stereocenters. The zero-order valence-electron chi connectivity index (χ0n) is 9.29. The number of nitrogens with one attached hydrogen (secondary N) is 1. The molecule has 2 heterocycles. The summed E-state index contributed by atoms with van der Waals surface area (Å²) >= 11 is 0. The number of carbonyl (C=O) groups is 2. The van der Waals surface area contributed by atoms with Crippen molar-refractivity contribution in [3.8, 4) is 0 Å². The second-order valence-corrected chi connectivity index (χ2v) is 3.84. The van der Waals surface area contributed by atoms with Crippen molar-refractivity contribution in [3.05, 3.63) is 42.3 Å². The van der Waals surface area contributed by atoms with Crippen molar-refractivity contribution >= 4 is 23.2 Å². The molecule has 0 radical (unpaired) electrons. The summed E-state index contributed by atoms with van der Waals surface area (Å²) in [6.45, 7) is -0.0251. The fourth-order valence-electron chi connectivity index (χ4n) is 1.88. The SMILES string of the molecule is O=C1CN(C(=O)c2ccon2)c2ccccc2N1. The molecule has 18 heavy (non-hydrogen) atoms. The van der Waals surface area contributed by atoms with Gasteiger partial charge in [-0.15, -0.1) is 0 Å². The maximum Gasteiger partial charge on any atom is 0.280 e. The standard InChI is InChI=1S/C12H9N3O3/c16-11-7-15(12(17)9-5-6-18-14-9)10-4-2-1-3-8(10)13-11/h1-6H,7H2,(H,13,16). The first-order chi connectivity index (χ1) is 8.75. The highest BCUT2D eigenvalue weighted by Crippen LogP contribution is 2.29. The van der Waals surface area contributed by atoms with E-state index in [-0.39, 0.29) is 24.1 Å². The van der Waals surface area contributed by atoms with E-state index in [9.17, 15) is 9.59 Å². The number of amides is 2. The van der Waals surface area contributed by atoms with Crippen LogP contribution in [0, 0.1) is 0 Å². The first-order valence-corrected chi connectivity index (χ1v) is 5.37. The smallest absolute Gasteiger partial charge is 0.280 e. The van der Waals surface area contributed by atoms with Crippen molar-refractivity contribution in [2.45, 2.75) is 0 Å². The average molecular weight is 243 g/mol. The minimum absolute atomic E-state index is 0.0251. The van der Waals surface area contributed by atoms with Crippen molar-refractivity contribution in [3.63, 3.8) is 0 Å². The Morgan fingerprint density at radius 3 is 2.94 bits per heavy atom. The first-order valence-electron chi connectivity index (χ1n) is 5.37. The van der Waals surface area contributed by atoms with Crippen LogP contribution in [0.3, 0.4) is 0 Å². The van der Waals surface area contributed by atoms with Gasteiger partial charge in [0.05, 0.1) is 11.4 Å². The molecule has 1 aromatic carbocycles. The molecule has 0 unspecified atom stereocenters. The number of rotatable bonds is 1. The van der Waals surface area contributed by atoms with E-state index in [4.69, 9.17) is 0 Å². The van der Waals surface area contributed by atoms with Gasteiger partial charge in [0.1, 0.15) is 12.8 Å². The van der Waals surface area contributed by atoms with E-state index in [0.717, 1.165) is 0 Å². The molecule has 90 valence electrons. The molecule has 0 fully saturated rings. The molecule has 0 aliphatic carbocycles. The van der Waals surface area contributed by atoms with Crippen LogP contribution in [0.4, 0.5) is 11.4 Å². The molecule has 6 heteroatoms. The molecule has 0 spiro atoms. The monoisotopic (exact) mass is 243 g/mol. The highest BCUT2D eigenvalue weighted by Gasteiger charge is 2.28. The summed E-state index contributed by atoms with van der Waals surface area (Å²) in [5.74, 6) is -0.586. The van der Waals surface area contributed by atoms with E-state index < -0.39 is 0 Å². The van der Waals surface area contributed by atoms with Crippen molar-refractivity contribution in [2.75, 3.05) is 16.8 Å². The summed E-state index contributed by atoms with van der Waals surface area (Å²) in [6.07, 6.45) is 1.32. The van der Waals surface area contributed by atoms with Crippen molar-refractivity contribution < 1.29 is 14.1 Å². The van der Waals surface area contributed by atoms with Gasteiger partial charge in [-0.3, -0.25) is 14.5 Å². The Balaban J connectivity index is 2.03. The van der Waals surface area contributed by atoms with E-state index in [1.807, 2.05) is 0 Å². The summed E-state index contributed by atoms with van der Waals surface area (Å²) in [4.78, 5) is 25.1. The molecule has 1 aromatic heterocycles. The summed E-state index contributed by atoms with van der Waals surface area (Å²) < 4.78 is 4.64. The van der Waals surface area contributed by atoms with Crippen LogP contribution in [-0.4, -0.2) is 23.5 Å². The third-order valence-corrected chi connectivity index (χ3v) is 2.67. The van der Waals surface area contributed by atoms with Gasteiger partial charge < -0.3 is 9.84 Å². The fraction of sp³-hybridized carbons (Fsp3) is 0.0833. The van der Waals surface area contributed by atoms with Gasteiger partial charge in [0.15, 0.2) is 5.69 Å². The lowest BCUT2D eigenvalue weighted by Crippen LogP contribution is -2.42. The number of para-hydroxylation sites is 2. The third-order valence-electron chi connectivity index (χ3n) is 2.67. The van der Waals surface area contributed by atoms with Crippen LogP contribution in [0.25, 0.3) is 0 Å². The minimum atomic E-state index is -0.356. The Labute approximate surface area is 102 Å². The van der Waals surface area contributed by atoms with Crippen LogP contribution in [0.15, 0.2) is 41.1 Å². The van der Waals surface area contributed by atoms with Crippen LogP contribution in [0.2, 0.25) is 0 Å². The second-order valence-electron chi connectivity index (χ2n) is 3.84. The number of anilines is 2. The zero-order chi connectivity index (χ0) is 12.5. The number of carbonyl (C=O) groups excluding carboxylic acids is 2. The van der Waals surface area contributed by atoms with Gasteiger partial charge in [0.25, 0.3) is 5.91 Å². The second kappa shape index (κ2) is 3.99. The van der Waals surface area contributed by atoms with E-state index in [1.54, 1.807) is 24.3 Å². The van der Waals surface area contributed by atoms with Gasteiger partial charge in [-0.1, -0.05) is 17.3 Å². The summed E-state index contributed by atoms with van der Waals surface area (Å²) in [7, 11) is 0. The Bertz CT molecular complexity index is 607. The van der Waals surface area contributed by atoms with Gasteiger partial charge in [-0.2, -0.15) is 0 Å². The number of benzene rings is 1. The molecule has 0 saturated heterocycles. The van der Waals surface area contributed by atoms with Gasteiger partial charge >= 0.3 is 0 Å². The molecule has 1 aliphatic heterocycles. The summed E-state index contributed by atoms with van der Waals surface area (Å²) in [5.41, 5.74) is 1.45. The van der Waals surface area contributed by atoms with Crippen LogP contribution in [-0.2, 0) is 4.79 Å². The maximum atomic E-state index is 12.2. The molecule has 3 rings (SSSR count). The predicted molar refractivity (Wildman–Crippen MR) is 63.3 cm³/mol. The van der Waals surface area contributed by atoms with Crippen LogP contribution < -0.4 is 10.2 Å². The maximum absolute atomic E-state index is 12.2. The Morgan fingerprint density at radius 2 is 2.17 bits per heavy atom. The number of fused-ring (bicyclic) bond motifs is 1. The summed E-state index contributed by atoms with van der Waals surface area (Å²) in [5, 5.41) is 6.30. The molecule has 0 bridgehead atoms. The quantitative estimate of drug-likeness (QED) is 0.818. The zero-order valence-corrected chi connectivity index (χ0v) is 9.29. The number of hydrogen-bond donors (Lipinski definition) is 1. The predicted octanol–water partition coefficient (Wildman–Crippen LogP) is 1.27.